The fraction of sp³-hybridized carbons (Fsp3) is 0.941. The van der Waals surface area contributed by atoms with Gasteiger partial charge in [-0.3, -0.25) is 9.69 Å². The Morgan fingerprint density at radius 1 is 1.29 bits per heavy atom. The molecule has 3 atom stereocenters. The number of hydrogen-bond donors (Lipinski definition) is 1. The van der Waals surface area contributed by atoms with E-state index in [0.717, 1.165) is 38.8 Å². The average Bonchev–Trinajstić information content (AvgIpc) is 2.79. The van der Waals surface area contributed by atoms with E-state index < -0.39 is 0 Å². The van der Waals surface area contributed by atoms with E-state index in [2.05, 4.69) is 31.0 Å². The van der Waals surface area contributed by atoms with Crippen molar-refractivity contribution in [3.63, 3.8) is 0 Å². The van der Waals surface area contributed by atoms with Gasteiger partial charge in [0.25, 0.3) is 0 Å². The number of nitrogens with zero attached hydrogens (tertiary/aromatic N) is 1. The first-order valence-corrected chi connectivity index (χ1v) is 8.53. The number of ether oxygens (including phenoxy) is 1. The van der Waals surface area contributed by atoms with Gasteiger partial charge in [-0.15, -0.1) is 0 Å². The molecule has 3 aliphatic rings. The molecule has 1 heterocycles. The standard InChI is InChI=1S/C17H30N2O2/c1-16(2)13-4-6-17(16,3)14(12-13)18-15(20)5-7-19-8-10-21-11-9-19/h13-14H,4-12H2,1-3H3,(H,18,20). The van der Waals surface area contributed by atoms with Gasteiger partial charge in [-0.2, -0.15) is 0 Å². The summed E-state index contributed by atoms with van der Waals surface area (Å²) in [5.74, 6) is 1.02. The van der Waals surface area contributed by atoms with Crippen LogP contribution in [0.3, 0.4) is 0 Å². The summed E-state index contributed by atoms with van der Waals surface area (Å²) in [5.41, 5.74) is 0.654. The van der Waals surface area contributed by atoms with Gasteiger partial charge < -0.3 is 10.1 Å². The van der Waals surface area contributed by atoms with Crippen LogP contribution in [0.5, 0.6) is 0 Å². The monoisotopic (exact) mass is 294 g/mol. The smallest absolute Gasteiger partial charge is 0.221 e. The van der Waals surface area contributed by atoms with Crippen LogP contribution in [0.25, 0.3) is 0 Å². The van der Waals surface area contributed by atoms with Gasteiger partial charge in [-0.05, 0) is 36.0 Å². The Hall–Kier alpha value is -0.610. The molecular weight excluding hydrogens is 264 g/mol. The van der Waals surface area contributed by atoms with E-state index in [9.17, 15) is 4.79 Å². The molecule has 0 aromatic heterocycles. The van der Waals surface area contributed by atoms with E-state index in [0.29, 0.717) is 17.9 Å². The molecule has 3 rings (SSSR count). The van der Waals surface area contributed by atoms with Crippen molar-refractivity contribution in [1.29, 1.82) is 0 Å². The normalized spacial score (nSPS) is 38.6. The van der Waals surface area contributed by atoms with Gasteiger partial charge in [0, 0.05) is 32.1 Å². The molecule has 4 nitrogen and oxygen atoms in total. The first-order valence-electron chi connectivity index (χ1n) is 8.53. The van der Waals surface area contributed by atoms with Crippen molar-refractivity contribution < 1.29 is 9.53 Å². The fourth-order valence-electron chi connectivity index (χ4n) is 4.77. The van der Waals surface area contributed by atoms with E-state index in [-0.39, 0.29) is 11.3 Å². The Bertz CT molecular complexity index is 404. The Kier molecular flexibility index (Phi) is 4.04. The lowest BCUT2D eigenvalue weighted by Gasteiger charge is -2.39. The molecule has 0 spiro atoms. The largest absolute Gasteiger partial charge is 0.379 e. The molecule has 0 aromatic rings. The molecule has 1 saturated heterocycles. The Balaban J connectivity index is 1.49. The predicted octanol–water partition coefficient (Wildman–Crippen LogP) is 2.04. The van der Waals surface area contributed by atoms with E-state index >= 15 is 0 Å². The number of carbonyl (C=O) groups is 1. The highest BCUT2D eigenvalue weighted by Crippen LogP contribution is 2.65. The van der Waals surface area contributed by atoms with Crippen LogP contribution in [-0.2, 0) is 9.53 Å². The third-order valence-corrected chi connectivity index (χ3v) is 6.89. The number of carbonyl (C=O) groups excluding carboxylic acids is 1. The lowest BCUT2D eigenvalue weighted by atomic mass is 9.69. The molecule has 1 aliphatic heterocycles. The number of nitrogens with one attached hydrogen (secondary N) is 1. The van der Waals surface area contributed by atoms with Gasteiger partial charge in [-0.25, -0.2) is 0 Å². The van der Waals surface area contributed by atoms with Crippen LogP contribution in [0.1, 0.15) is 46.5 Å². The van der Waals surface area contributed by atoms with Gasteiger partial charge in [0.2, 0.25) is 5.91 Å². The van der Waals surface area contributed by atoms with Crippen LogP contribution in [0.2, 0.25) is 0 Å². The zero-order valence-corrected chi connectivity index (χ0v) is 13.8. The Morgan fingerprint density at radius 2 is 2.00 bits per heavy atom. The molecule has 3 unspecified atom stereocenters. The zero-order valence-electron chi connectivity index (χ0n) is 13.8. The minimum Gasteiger partial charge on any atom is -0.379 e. The maximum Gasteiger partial charge on any atom is 0.221 e. The zero-order chi connectivity index (χ0) is 15.1. The summed E-state index contributed by atoms with van der Waals surface area (Å²) >= 11 is 0. The fourth-order valence-corrected chi connectivity index (χ4v) is 4.77. The highest BCUT2D eigenvalue weighted by Gasteiger charge is 2.61. The predicted molar refractivity (Wildman–Crippen MR) is 83.0 cm³/mol. The van der Waals surface area contributed by atoms with Crippen molar-refractivity contribution >= 4 is 5.91 Å². The lowest BCUT2D eigenvalue weighted by Crippen LogP contribution is -2.47. The first-order chi connectivity index (χ1) is 9.93. The van der Waals surface area contributed by atoms with Crippen LogP contribution in [0.4, 0.5) is 0 Å². The molecule has 1 N–H and O–H groups in total. The number of morpholine rings is 1. The summed E-state index contributed by atoms with van der Waals surface area (Å²) in [4.78, 5) is 14.6. The summed E-state index contributed by atoms with van der Waals surface area (Å²) in [5, 5.41) is 3.35. The summed E-state index contributed by atoms with van der Waals surface area (Å²) in [6.45, 7) is 11.6. The molecule has 1 amide bonds. The molecule has 0 radical (unpaired) electrons. The minimum absolute atomic E-state index is 0.232. The van der Waals surface area contributed by atoms with Crippen molar-refractivity contribution in [2.45, 2.75) is 52.5 Å². The summed E-state index contributed by atoms with van der Waals surface area (Å²) in [7, 11) is 0. The molecule has 120 valence electrons. The molecule has 2 saturated carbocycles. The second kappa shape index (κ2) is 5.54. The highest BCUT2D eigenvalue weighted by atomic mass is 16.5. The quantitative estimate of drug-likeness (QED) is 0.863. The Morgan fingerprint density at radius 3 is 2.57 bits per heavy atom. The van der Waals surface area contributed by atoms with Crippen molar-refractivity contribution in [2.75, 3.05) is 32.8 Å². The molecule has 2 aliphatic carbocycles. The molecule has 21 heavy (non-hydrogen) atoms. The summed E-state index contributed by atoms with van der Waals surface area (Å²) in [6.07, 6.45) is 4.40. The van der Waals surface area contributed by atoms with Crippen LogP contribution in [-0.4, -0.2) is 49.7 Å². The van der Waals surface area contributed by atoms with Gasteiger partial charge in [-0.1, -0.05) is 20.8 Å². The third kappa shape index (κ3) is 2.61. The van der Waals surface area contributed by atoms with Crippen LogP contribution < -0.4 is 5.32 Å². The van der Waals surface area contributed by atoms with E-state index in [4.69, 9.17) is 4.74 Å². The van der Waals surface area contributed by atoms with Crippen LogP contribution >= 0.6 is 0 Å². The van der Waals surface area contributed by atoms with Crippen molar-refractivity contribution in [2.24, 2.45) is 16.7 Å². The molecule has 2 bridgehead atoms. The topological polar surface area (TPSA) is 41.6 Å². The average molecular weight is 294 g/mol. The maximum atomic E-state index is 12.3. The summed E-state index contributed by atoms with van der Waals surface area (Å²) < 4.78 is 5.34. The molecule has 3 fully saturated rings. The second-order valence-electron chi connectivity index (χ2n) is 7.93. The molecule has 0 aromatic carbocycles. The number of fused-ring (bicyclic) bond motifs is 2. The first kappa shape index (κ1) is 15.3. The summed E-state index contributed by atoms with van der Waals surface area (Å²) in [6, 6.07) is 0.378. The van der Waals surface area contributed by atoms with Gasteiger partial charge >= 0.3 is 0 Å². The number of amides is 1. The van der Waals surface area contributed by atoms with E-state index in [1.54, 1.807) is 0 Å². The van der Waals surface area contributed by atoms with Gasteiger partial charge in [0.15, 0.2) is 0 Å². The lowest BCUT2D eigenvalue weighted by molar-refractivity contribution is -0.123. The van der Waals surface area contributed by atoms with Gasteiger partial charge in [0.1, 0.15) is 0 Å². The maximum absolute atomic E-state index is 12.3. The van der Waals surface area contributed by atoms with Crippen molar-refractivity contribution in [3.05, 3.63) is 0 Å². The minimum atomic E-state index is 0.232. The molecule has 4 heteroatoms. The van der Waals surface area contributed by atoms with E-state index in [1.807, 2.05) is 0 Å². The van der Waals surface area contributed by atoms with Crippen LogP contribution in [0, 0.1) is 16.7 Å². The number of rotatable bonds is 4. The van der Waals surface area contributed by atoms with Crippen molar-refractivity contribution in [1.82, 2.24) is 10.2 Å². The highest BCUT2D eigenvalue weighted by molar-refractivity contribution is 5.76. The SMILES string of the molecule is CC1(C)C2CCC1(C)C(NC(=O)CCN1CCOCC1)C2. The number of hydrogen-bond acceptors (Lipinski definition) is 3. The van der Waals surface area contributed by atoms with Gasteiger partial charge in [0.05, 0.1) is 13.2 Å². The van der Waals surface area contributed by atoms with Crippen molar-refractivity contribution in [3.8, 4) is 0 Å². The Labute approximate surface area is 128 Å². The third-order valence-electron chi connectivity index (χ3n) is 6.89. The second-order valence-corrected chi connectivity index (χ2v) is 7.93. The molecular formula is C17H30N2O2. The van der Waals surface area contributed by atoms with E-state index in [1.165, 1.54) is 19.3 Å². The van der Waals surface area contributed by atoms with Crippen LogP contribution in [0.15, 0.2) is 0 Å².